The van der Waals surface area contributed by atoms with Crippen molar-refractivity contribution in [3.05, 3.63) is 59.7 Å². The lowest BCUT2D eigenvalue weighted by Gasteiger charge is -2.37. The molecule has 0 spiro atoms. The van der Waals surface area contributed by atoms with Crippen molar-refractivity contribution in [2.45, 2.75) is 6.10 Å². The summed E-state index contributed by atoms with van der Waals surface area (Å²) >= 11 is 0. The number of amides is 2. The predicted octanol–water partition coefficient (Wildman–Crippen LogP) is 2.12. The molecule has 2 aromatic carbocycles. The number of hydrogen-bond donors (Lipinski definition) is 0. The van der Waals surface area contributed by atoms with E-state index in [1.165, 1.54) is 0 Å². The van der Waals surface area contributed by atoms with E-state index >= 15 is 0 Å². The Hall–Kier alpha value is -3.32. The zero-order valence-electron chi connectivity index (χ0n) is 16.5. The third kappa shape index (κ3) is 3.41. The number of nitrogens with zero attached hydrogens (tertiary/aromatic N) is 2. The van der Waals surface area contributed by atoms with Crippen LogP contribution in [0.1, 0.15) is 5.56 Å². The summed E-state index contributed by atoms with van der Waals surface area (Å²) in [6.45, 7) is 2.44. The molecule has 0 aliphatic carbocycles. The van der Waals surface area contributed by atoms with Crippen LogP contribution in [0.5, 0.6) is 11.5 Å². The summed E-state index contributed by atoms with van der Waals surface area (Å²) in [4.78, 5) is 29.9. The minimum atomic E-state index is -0.751. The number of ether oxygens (including phenoxy) is 3. The van der Waals surface area contributed by atoms with Gasteiger partial charge in [0.2, 0.25) is 0 Å². The van der Waals surface area contributed by atoms with Gasteiger partial charge in [0.05, 0.1) is 31.0 Å². The van der Waals surface area contributed by atoms with Crippen LogP contribution in [-0.2, 0) is 14.3 Å². The zero-order valence-corrected chi connectivity index (χ0v) is 16.5. The van der Waals surface area contributed by atoms with Crippen molar-refractivity contribution >= 4 is 23.6 Å². The van der Waals surface area contributed by atoms with Gasteiger partial charge in [-0.1, -0.05) is 30.3 Å². The smallest absolute Gasteiger partial charge is 0.265 e. The summed E-state index contributed by atoms with van der Waals surface area (Å²) in [5, 5.41) is 0. The van der Waals surface area contributed by atoms with E-state index in [4.69, 9.17) is 14.2 Å². The molecule has 1 fully saturated rings. The van der Waals surface area contributed by atoms with Crippen LogP contribution in [0.2, 0.25) is 0 Å². The SMILES string of the molecule is O=C([C@H]1CN(C(=O)C2=Cc3ccccc3OC2)c2ccccc2O1)N1CCOCC1. The summed E-state index contributed by atoms with van der Waals surface area (Å²) in [5.74, 6) is 0.989. The second-order valence-corrected chi connectivity index (χ2v) is 7.42. The molecule has 154 valence electrons. The molecule has 3 heterocycles. The van der Waals surface area contributed by atoms with Gasteiger partial charge in [0.25, 0.3) is 11.8 Å². The lowest BCUT2D eigenvalue weighted by molar-refractivity contribution is -0.142. The maximum absolute atomic E-state index is 13.4. The molecule has 7 heteroatoms. The highest BCUT2D eigenvalue weighted by molar-refractivity contribution is 6.10. The predicted molar refractivity (Wildman–Crippen MR) is 111 cm³/mol. The number of rotatable bonds is 2. The maximum atomic E-state index is 13.4. The Labute approximate surface area is 174 Å². The molecule has 2 amide bonds. The monoisotopic (exact) mass is 406 g/mol. The third-order valence-corrected chi connectivity index (χ3v) is 5.52. The second-order valence-electron chi connectivity index (χ2n) is 7.42. The summed E-state index contributed by atoms with van der Waals surface area (Å²) in [6.07, 6.45) is 1.11. The average Bonchev–Trinajstić information content (AvgIpc) is 2.82. The molecule has 0 radical (unpaired) electrons. The fraction of sp³-hybridized carbons (Fsp3) is 0.304. The first kappa shape index (κ1) is 18.7. The molecule has 0 saturated carbocycles. The first-order chi connectivity index (χ1) is 14.7. The van der Waals surface area contributed by atoms with Crippen LogP contribution in [0.25, 0.3) is 6.08 Å². The zero-order chi connectivity index (χ0) is 20.5. The molecule has 0 aromatic heterocycles. The Morgan fingerprint density at radius 1 is 0.933 bits per heavy atom. The summed E-state index contributed by atoms with van der Waals surface area (Å²) in [6, 6.07) is 14.9. The van der Waals surface area contributed by atoms with E-state index in [1.807, 2.05) is 48.5 Å². The molecule has 7 nitrogen and oxygen atoms in total. The van der Waals surface area contributed by atoms with Gasteiger partial charge in [0.15, 0.2) is 6.10 Å². The van der Waals surface area contributed by atoms with Gasteiger partial charge in [-0.15, -0.1) is 0 Å². The van der Waals surface area contributed by atoms with E-state index < -0.39 is 6.10 Å². The van der Waals surface area contributed by atoms with E-state index in [0.29, 0.717) is 43.3 Å². The fourth-order valence-corrected chi connectivity index (χ4v) is 3.96. The van der Waals surface area contributed by atoms with Gasteiger partial charge < -0.3 is 24.0 Å². The molecule has 2 aromatic rings. The molecule has 1 atom stereocenters. The standard InChI is InChI=1S/C23H22N2O5/c26-22(17-13-16-5-1-3-7-19(16)29-15-17)25-14-21(23(27)24-9-11-28-12-10-24)30-20-8-4-2-6-18(20)25/h1-8,13,21H,9-12,14-15H2/t21-/m1/s1. The first-order valence-corrected chi connectivity index (χ1v) is 10.1. The van der Waals surface area contributed by atoms with E-state index in [1.54, 1.807) is 15.9 Å². The van der Waals surface area contributed by atoms with Crippen molar-refractivity contribution in [3.8, 4) is 11.5 Å². The van der Waals surface area contributed by atoms with Gasteiger partial charge in [-0.25, -0.2) is 0 Å². The highest BCUT2D eigenvalue weighted by Gasteiger charge is 2.37. The van der Waals surface area contributed by atoms with Gasteiger partial charge in [-0.05, 0) is 24.3 Å². The topological polar surface area (TPSA) is 68.3 Å². The van der Waals surface area contributed by atoms with Crippen LogP contribution < -0.4 is 14.4 Å². The Morgan fingerprint density at radius 3 is 2.50 bits per heavy atom. The van der Waals surface area contributed by atoms with Crippen LogP contribution >= 0.6 is 0 Å². The van der Waals surface area contributed by atoms with Crippen LogP contribution in [0, 0.1) is 0 Å². The number of morpholine rings is 1. The minimum absolute atomic E-state index is 0.121. The highest BCUT2D eigenvalue weighted by atomic mass is 16.5. The minimum Gasteiger partial charge on any atom is -0.488 e. The average molecular weight is 406 g/mol. The molecular weight excluding hydrogens is 384 g/mol. The number of para-hydroxylation sites is 3. The fourth-order valence-electron chi connectivity index (χ4n) is 3.96. The van der Waals surface area contributed by atoms with Gasteiger partial charge in [-0.3, -0.25) is 9.59 Å². The number of fused-ring (bicyclic) bond motifs is 2. The number of carbonyl (C=O) groups excluding carboxylic acids is 2. The number of anilines is 1. The molecule has 3 aliphatic heterocycles. The van der Waals surface area contributed by atoms with Crippen molar-refractivity contribution in [1.82, 2.24) is 4.90 Å². The third-order valence-electron chi connectivity index (χ3n) is 5.52. The second kappa shape index (κ2) is 7.84. The van der Waals surface area contributed by atoms with E-state index in [9.17, 15) is 9.59 Å². The lowest BCUT2D eigenvalue weighted by atomic mass is 10.0. The number of carbonyl (C=O) groups is 2. The largest absolute Gasteiger partial charge is 0.488 e. The van der Waals surface area contributed by atoms with Crippen molar-refractivity contribution in [1.29, 1.82) is 0 Å². The Morgan fingerprint density at radius 2 is 1.67 bits per heavy atom. The molecule has 3 aliphatic rings. The van der Waals surface area contributed by atoms with Crippen molar-refractivity contribution in [2.75, 3.05) is 44.4 Å². The maximum Gasteiger partial charge on any atom is 0.265 e. The number of benzene rings is 2. The van der Waals surface area contributed by atoms with Crippen LogP contribution in [0.3, 0.4) is 0 Å². The highest BCUT2D eigenvalue weighted by Crippen LogP contribution is 2.35. The van der Waals surface area contributed by atoms with Gasteiger partial charge >= 0.3 is 0 Å². The van der Waals surface area contributed by atoms with Gasteiger partial charge in [0, 0.05) is 18.7 Å². The van der Waals surface area contributed by atoms with Crippen LogP contribution in [0.4, 0.5) is 5.69 Å². The Bertz CT molecular complexity index is 1010. The first-order valence-electron chi connectivity index (χ1n) is 10.1. The summed E-state index contributed by atoms with van der Waals surface area (Å²) < 4.78 is 17.1. The Kier molecular flexibility index (Phi) is 4.88. The normalized spacial score (nSPS) is 20.3. The molecule has 0 N–H and O–H groups in total. The van der Waals surface area contributed by atoms with Crippen molar-refractivity contribution in [2.24, 2.45) is 0 Å². The lowest BCUT2D eigenvalue weighted by Crippen LogP contribution is -2.54. The molecule has 5 rings (SSSR count). The van der Waals surface area contributed by atoms with E-state index in [0.717, 1.165) is 11.3 Å². The quantitative estimate of drug-likeness (QED) is 0.764. The molecule has 30 heavy (non-hydrogen) atoms. The van der Waals surface area contributed by atoms with Crippen molar-refractivity contribution in [3.63, 3.8) is 0 Å². The molecule has 0 unspecified atom stereocenters. The molecule has 0 bridgehead atoms. The van der Waals surface area contributed by atoms with E-state index in [-0.39, 0.29) is 25.0 Å². The van der Waals surface area contributed by atoms with Crippen molar-refractivity contribution < 1.29 is 23.8 Å². The summed E-state index contributed by atoms with van der Waals surface area (Å²) in [5.41, 5.74) is 2.07. The van der Waals surface area contributed by atoms with Gasteiger partial charge in [0.1, 0.15) is 18.1 Å². The van der Waals surface area contributed by atoms with Gasteiger partial charge in [-0.2, -0.15) is 0 Å². The van der Waals surface area contributed by atoms with E-state index in [2.05, 4.69) is 0 Å². The Balaban J connectivity index is 1.44. The molecule has 1 saturated heterocycles. The van der Waals surface area contributed by atoms with Crippen LogP contribution in [-0.4, -0.2) is 62.3 Å². The summed E-state index contributed by atoms with van der Waals surface area (Å²) in [7, 11) is 0. The van der Waals surface area contributed by atoms with Crippen LogP contribution in [0.15, 0.2) is 54.1 Å². The number of hydrogen-bond acceptors (Lipinski definition) is 5. The molecular formula is C23H22N2O5.